The lowest BCUT2D eigenvalue weighted by atomic mass is 9.92. The Bertz CT molecular complexity index is 340. The van der Waals surface area contributed by atoms with Gasteiger partial charge in [0.2, 0.25) is 0 Å². The molecule has 2 rings (SSSR count). The first-order valence-electron chi connectivity index (χ1n) is 6.05. The molecule has 5 heteroatoms. The first-order valence-corrected chi connectivity index (χ1v) is 6.05. The van der Waals surface area contributed by atoms with Gasteiger partial charge < -0.3 is 14.5 Å². The molecule has 0 bridgehead atoms. The summed E-state index contributed by atoms with van der Waals surface area (Å²) in [5.41, 5.74) is 0.655. The highest BCUT2D eigenvalue weighted by Crippen LogP contribution is 2.25. The van der Waals surface area contributed by atoms with Gasteiger partial charge in [-0.05, 0) is 27.7 Å². The summed E-state index contributed by atoms with van der Waals surface area (Å²) in [6, 6.07) is 0. The van der Waals surface area contributed by atoms with Crippen LogP contribution in [0.4, 0.5) is 4.79 Å². The molecule has 2 aliphatic rings. The maximum atomic E-state index is 11.7. The zero-order valence-electron chi connectivity index (χ0n) is 10.9. The van der Waals surface area contributed by atoms with Gasteiger partial charge in [-0.25, -0.2) is 4.79 Å². The number of hydrogen-bond donors (Lipinski definition) is 0. The van der Waals surface area contributed by atoms with E-state index < -0.39 is 5.60 Å². The number of hydrogen-bond acceptors (Lipinski definition) is 4. The van der Waals surface area contributed by atoms with Crippen LogP contribution in [-0.2, 0) is 9.57 Å². The van der Waals surface area contributed by atoms with Gasteiger partial charge >= 0.3 is 6.09 Å². The van der Waals surface area contributed by atoms with Crippen LogP contribution < -0.4 is 0 Å². The summed E-state index contributed by atoms with van der Waals surface area (Å²) in [4.78, 5) is 18.6. The number of likely N-dealkylation sites (tertiary alicyclic amines) is 1. The highest BCUT2D eigenvalue weighted by Gasteiger charge is 2.38. The van der Waals surface area contributed by atoms with Crippen LogP contribution >= 0.6 is 0 Å². The van der Waals surface area contributed by atoms with Crippen LogP contribution in [0.15, 0.2) is 5.16 Å². The molecule has 1 saturated heterocycles. The molecule has 17 heavy (non-hydrogen) atoms. The van der Waals surface area contributed by atoms with E-state index >= 15 is 0 Å². The molecule has 2 heterocycles. The van der Waals surface area contributed by atoms with Crippen LogP contribution in [-0.4, -0.2) is 41.5 Å². The van der Waals surface area contributed by atoms with Crippen LogP contribution in [0.5, 0.6) is 0 Å². The molecule has 1 fully saturated rings. The van der Waals surface area contributed by atoms with E-state index in [1.807, 2.05) is 27.7 Å². The highest BCUT2D eigenvalue weighted by atomic mass is 16.6. The van der Waals surface area contributed by atoms with Gasteiger partial charge in [0.15, 0.2) is 0 Å². The predicted molar refractivity (Wildman–Crippen MR) is 63.9 cm³/mol. The van der Waals surface area contributed by atoms with Crippen molar-refractivity contribution in [2.45, 2.75) is 45.8 Å². The van der Waals surface area contributed by atoms with Gasteiger partial charge in [-0.2, -0.15) is 0 Å². The standard InChI is InChI=1S/C12H20N2O3/c1-8-5-10(13-17-8)9-6-14(7-9)11(15)16-12(2,3)4/h8-9H,5-7H2,1-4H3. The van der Waals surface area contributed by atoms with Crippen molar-refractivity contribution in [3.05, 3.63) is 0 Å². The van der Waals surface area contributed by atoms with Crippen molar-refractivity contribution in [2.24, 2.45) is 11.1 Å². The Morgan fingerprint density at radius 1 is 1.47 bits per heavy atom. The van der Waals surface area contributed by atoms with Crippen molar-refractivity contribution in [1.29, 1.82) is 0 Å². The summed E-state index contributed by atoms with van der Waals surface area (Å²) >= 11 is 0. The van der Waals surface area contributed by atoms with Crippen molar-refractivity contribution in [2.75, 3.05) is 13.1 Å². The molecule has 0 saturated carbocycles. The lowest BCUT2D eigenvalue weighted by molar-refractivity contribution is 0.00674. The number of nitrogens with zero attached hydrogens (tertiary/aromatic N) is 2. The molecule has 0 N–H and O–H groups in total. The first kappa shape index (κ1) is 12.2. The Balaban J connectivity index is 1.77. The predicted octanol–water partition coefficient (Wildman–Crippen LogP) is 2.02. The number of amides is 1. The SMILES string of the molecule is CC1CC(C2CN(C(=O)OC(C)(C)C)C2)=NO1. The second-order valence-corrected chi connectivity index (χ2v) is 5.79. The molecule has 1 unspecified atom stereocenters. The third kappa shape index (κ3) is 2.90. The minimum atomic E-state index is -0.426. The van der Waals surface area contributed by atoms with E-state index in [9.17, 15) is 4.79 Å². The Morgan fingerprint density at radius 2 is 2.12 bits per heavy atom. The average molecular weight is 240 g/mol. The average Bonchev–Trinajstić information content (AvgIpc) is 2.45. The largest absolute Gasteiger partial charge is 0.444 e. The zero-order chi connectivity index (χ0) is 12.6. The van der Waals surface area contributed by atoms with Crippen LogP contribution in [0.3, 0.4) is 0 Å². The second kappa shape index (κ2) is 4.20. The maximum Gasteiger partial charge on any atom is 0.410 e. The van der Waals surface area contributed by atoms with E-state index in [0.29, 0.717) is 19.0 Å². The van der Waals surface area contributed by atoms with E-state index in [1.165, 1.54) is 0 Å². The van der Waals surface area contributed by atoms with Crippen molar-refractivity contribution < 1.29 is 14.4 Å². The summed E-state index contributed by atoms with van der Waals surface area (Å²) in [6.45, 7) is 9.02. The van der Waals surface area contributed by atoms with Gasteiger partial charge in [0, 0.05) is 25.4 Å². The quantitative estimate of drug-likeness (QED) is 0.704. The fourth-order valence-electron chi connectivity index (χ4n) is 1.93. The molecular formula is C12H20N2O3. The third-order valence-corrected chi connectivity index (χ3v) is 2.85. The van der Waals surface area contributed by atoms with Crippen molar-refractivity contribution in [1.82, 2.24) is 4.90 Å². The summed E-state index contributed by atoms with van der Waals surface area (Å²) < 4.78 is 5.29. The van der Waals surface area contributed by atoms with Crippen LogP contribution in [0.1, 0.15) is 34.1 Å². The molecule has 0 radical (unpaired) electrons. The molecule has 0 aromatic rings. The van der Waals surface area contributed by atoms with Gasteiger partial charge in [-0.15, -0.1) is 0 Å². The van der Waals surface area contributed by atoms with E-state index in [-0.39, 0.29) is 12.2 Å². The Kier molecular flexibility index (Phi) is 3.02. The molecule has 5 nitrogen and oxygen atoms in total. The maximum absolute atomic E-state index is 11.7. The van der Waals surface area contributed by atoms with Crippen molar-refractivity contribution >= 4 is 11.8 Å². The third-order valence-electron chi connectivity index (χ3n) is 2.85. The molecule has 2 aliphatic heterocycles. The molecular weight excluding hydrogens is 220 g/mol. The summed E-state index contributed by atoms with van der Waals surface area (Å²) in [5.74, 6) is 0.354. The first-order chi connectivity index (χ1) is 7.85. The Hall–Kier alpha value is -1.26. The molecule has 1 atom stereocenters. The van der Waals surface area contributed by atoms with E-state index in [2.05, 4.69) is 5.16 Å². The van der Waals surface area contributed by atoms with E-state index in [0.717, 1.165) is 12.1 Å². The molecule has 0 aliphatic carbocycles. The zero-order valence-corrected chi connectivity index (χ0v) is 10.9. The highest BCUT2D eigenvalue weighted by molar-refractivity contribution is 5.90. The summed E-state index contributed by atoms with van der Waals surface area (Å²) in [6.07, 6.45) is 0.828. The Labute approximate surface area is 102 Å². The molecule has 0 aromatic carbocycles. The summed E-state index contributed by atoms with van der Waals surface area (Å²) in [5, 5.41) is 4.04. The lowest BCUT2D eigenvalue weighted by Crippen LogP contribution is -2.54. The number of ether oxygens (including phenoxy) is 1. The molecule has 1 amide bonds. The van der Waals surface area contributed by atoms with Gasteiger partial charge in [-0.3, -0.25) is 0 Å². The molecule has 0 aromatic heterocycles. The fraction of sp³-hybridized carbons (Fsp3) is 0.833. The van der Waals surface area contributed by atoms with Crippen molar-refractivity contribution in [3.8, 4) is 0 Å². The van der Waals surface area contributed by atoms with Crippen LogP contribution in [0, 0.1) is 5.92 Å². The fourth-order valence-corrected chi connectivity index (χ4v) is 1.93. The topological polar surface area (TPSA) is 51.1 Å². The number of rotatable bonds is 1. The number of carbonyl (C=O) groups is 1. The number of carbonyl (C=O) groups excluding carboxylic acids is 1. The minimum absolute atomic E-state index is 0.181. The normalized spacial score (nSPS) is 25.1. The van der Waals surface area contributed by atoms with Gasteiger partial charge in [0.1, 0.15) is 11.7 Å². The van der Waals surface area contributed by atoms with Crippen molar-refractivity contribution in [3.63, 3.8) is 0 Å². The molecule has 0 spiro atoms. The van der Waals surface area contributed by atoms with Gasteiger partial charge in [-0.1, -0.05) is 5.16 Å². The number of oxime groups is 1. The molecule has 96 valence electrons. The van der Waals surface area contributed by atoms with Crippen LogP contribution in [0.2, 0.25) is 0 Å². The smallest absolute Gasteiger partial charge is 0.410 e. The Morgan fingerprint density at radius 3 is 2.59 bits per heavy atom. The second-order valence-electron chi connectivity index (χ2n) is 5.79. The van der Waals surface area contributed by atoms with E-state index in [4.69, 9.17) is 9.57 Å². The van der Waals surface area contributed by atoms with Crippen LogP contribution in [0.25, 0.3) is 0 Å². The van der Waals surface area contributed by atoms with Gasteiger partial charge in [0.05, 0.1) is 5.71 Å². The monoisotopic (exact) mass is 240 g/mol. The van der Waals surface area contributed by atoms with E-state index in [1.54, 1.807) is 4.90 Å². The summed E-state index contributed by atoms with van der Waals surface area (Å²) in [7, 11) is 0. The minimum Gasteiger partial charge on any atom is -0.444 e. The van der Waals surface area contributed by atoms with Gasteiger partial charge in [0.25, 0.3) is 0 Å². The lowest BCUT2D eigenvalue weighted by Gasteiger charge is -2.39.